The van der Waals surface area contributed by atoms with E-state index >= 15 is 0 Å². The van der Waals surface area contributed by atoms with Crippen molar-refractivity contribution in [3.63, 3.8) is 0 Å². The molecule has 1 aromatic heterocycles. The Bertz CT molecular complexity index is 336. The SMILES string of the molecule is NC1CCCC2CN(Cc3ccco3)CC12. The molecule has 1 aliphatic carbocycles. The van der Waals surface area contributed by atoms with Crippen molar-refractivity contribution >= 4 is 0 Å². The van der Waals surface area contributed by atoms with Crippen LogP contribution in [0.4, 0.5) is 0 Å². The molecular weight excluding hydrogens is 200 g/mol. The summed E-state index contributed by atoms with van der Waals surface area (Å²) in [4.78, 5) is 2.50. The molecule has 3 nitrogen and oxygen atoms in total. The minimum Gasteiger partial charge on any atom is -0.468 e. The van der Waals surface area contributed by atoms with Gasteiger partial charge < -0.3 is 10.2 Å². The van der Waals surface area contributed by atoms with Crippen LogP contribution in [0.3, 0.4) is 0 Å². The van der Waals surface area contributed by atoms with E-state index in [1.807, 2.05) is 6.07 Å². The zero-order chi connectivity index (χ0) is 11.0. The van der Waals surface area contributed by atoms with Crippen molar-refractivity contribution < 1.29 is 4.42 Å². The lowest BCUT2D eigenvalue weighted by Crippen LogP contribution is -2.38. The Hall–Kier alpha value is -0.800. The number of fused-ring (bicyclic) bond motifs is 1. The summed E-state index contributed by atoms with van der Waals surface area (Å²) in [6.07, 6.45) is 5.66. The molecule has 2 heterocycles. The Labute approximate surface area is 96.6 Å². The van der Waals surface area contributed by atoms with Gasteiger partial charge in [0.2, 0.25) is 0 Å². The molecule has 3 atom stereocenters. The standard InChI is InChI=1S/C13H20N2O/c14-13-5-1-3-10-7-15(9-12(10)13)8-11-4-2-6-16-11/h2,4,6,10,12-13H,1,3,5,7-9,14H2. The van der Waals surface area contributed by atoms with Crippen molar-refractivity contribution in [2.24, 2.45) is 17.6 Å². The molecule has 88 valence electrons. The van der Waals surface area contributed by atoms with Gasteiger partial charge in [0.05, 0.1) is 12.8 Å². The second-order valence-corrected chi connectivity index (χ2v) is 5.29. The van der Waals surface area contributed by atoms with Gasteiger partial charge in [0, 0.05) is 19.1 Å². The first kappa shape index (κ1) is 10.4. The van der Waals surface area contributed by atoms with E-state index < -0.39 is 0 Å². The number of hydrogen-bond donors (Lipinski definition) is 1. The molecule has 1 aromatic rings. The molecule has 1 saturated carbocycles. The minimum atomic E-state index is 0.431. The van der Waals surface area contributed by atoms with Crippen LogP contribution in [0.5, 0.6) is 0 Å². The molecule has 3 rings (SSSR count). The summed E-state index contributed by atoms with van der Waals surface area (Å²) in [5, 5.41) is 0. The van der Waals surface area contributed by atoms with Crippen molar-refractivity contribution in [3.8, 4) is 0 Å². The van der Waals surface area contributed by atoms with Crippen LogP contribution in [0.1, 0.15) is 25.0 Å². The second kappa shape index (κ2) is 4.22. The highest BCUT2D eigenvalue weighted by Crippen LogP contribution is 2.35. The third kappa shape index (κ3) is 1.89. The molecule has 2 N–H and O–H groups in total. The number of rotatable bonds is 2. The van der Waals surface area contributed by atoms with E-state index in [0.717, 1.165) is 30.7 Å². The summed E-state index contributed by atoms with van der Waals surface area (Å²) < 4.78 is 5.40. The molecular formula is C13H20N2O. The van der Waals surface area contributed by atoms with Gasteiger partial charge in [-0.1, -0.05) is 6.42 Å². The van der Waals surface area contributed by atoms with Crippen molar-refractivity contribution in [3.05, 3.63) is 24.2 Å². The Morgan fingerprint density at radius 3 is 3.06 bits per heavy atom. The molecule has 1 saturated heterocycles. The van der Waals surface area contributed by atoms with Gasteiger partial charge in [-0.15, -0.1) is 0 Å². The summed E-state index contributed by atoms with van der Waals surface area (Å²) >= 11 is 0. The van der Waals surface area contributed by atoms with Gasteiger partial charge in [0.25, 0.3) is 0 Å². The maximum Gasteiger partial charge on any atom is 0.117 e. The second-order valence-electron chi connectivity index (χ2n) is 5.29. The molecule has 2 fully saturated rings. The van der Waals surface area contributed by atoms with Crippen LogP contribution in [0.2, 0.25) is 0 Å². The minimum absolute atomic E-state index is 0.431. The van der Waals surface area contributed by atoms with Gasteiger partial charge in [-0.25, -0.2) is 0 Å². The van der Waals surface area contributed by atoms with E-state index in [1.165, 1.54) is 25.8 Å². The number of hydrogen-bond acceptors (Lipinski definition) is 3. The van der Waals surface area contributed by atoms with E-state index in [0.29, 0.717) is 6.04 Å². The number of nitrogens with two attached hydrogens (primary N) is 1. The zero-order valence-electron chi connectivity index (χ0n) is 9.64. The lowest BCUT2D eigenvalue weighted by atomic mass is 9.78. The Balaban J connectivity index is 1.63. The first-order valence-corrected chi connectivity index (χ1v) is 6.33. The number of nitrogens with zero attached hydrogens (tertiary/aromatic N) is 1. The topological polar surface area (TPSA) is 42.4 Å². The van der Waals surface area contributed by atoms with Crippen LogP contribution in [0.15, 0.2) is 22.8 Å². The zero-order valence-corrected chi connectivity index (χ0v) is 9.64. The van der Waals surface area contributed by atoms with Crippen LogP contribution < -0.4 is 5.73 Å². The lowest BCUT2D eigenvalue weighted by molar-refractivity contribution is 0.258. The smallest absolute Gasteiger partial charge is 0.117 e. The predicted molar refractivity (Wildman–Crippen MR) is 62.8 cm³/mol. The van der Waals surface area contributed by atoms with E-state index in [-0.39, 0.29) is 0 Å². The summed E-state index contributed by atoms with van der Waals surface area (Å²) in [6.45, 7) is 3.32. The average molecular weight is 220 g/mol. The van der Waals surface area contributed by atoms with E-state index in [2.05, 4.69) is 11.0 Å². The van der Waals surface area contributed by atoms with Gasteiger partial charge in [-0.3, -0.25) is 4.90 Å². The Morgan fingerprint density at radius 1 is 1.38 bits per heavy atom. The third-order valence-corrected chi connectivity index (χ3v) is 4.19. The van der Waals surface area contributed by atoms with Gasteiger partial charge in [-0.05, 0) is 36.8 Å². The quantitative estimate of drug-likeness (QED) is 0.827. The average Bonchev–Trinajstić information content (AvgIpc) is 2.88. The molecule has 0 amide bonds. The summed E-state index contributed by atoms with van der Waals surface area (Å²) in [6, 6.07) is 4.45. The molecule has 1 aliphatic heterocycles. The van der Waals surface area contributed by atoms with Crippen molar-refractivity contribution in [2.75, 3.05) is 13.1 Å². The first-order valence-electron chi connectivity index (χ1n) is 6.33. The predicted octanol–water partition coefficient (Wildman–Crippen LogP) is 1.84. The van der Waals surface area contributed by atoms with Gasteiger partial charge in [0.15, 0.2) is 0 Å². The van der Waals surface area contributed by atoms with Gasteiger partial charge in [-0.2, -0.15) is 0 Å². The van der Waals surface area contributed by atoms with Crippen LogP contribution in [-0.2, 0) is 6.54 Å². The van der Waals surface area contributed by atoms with Crippen LogP contribution >= 0.6 is 0 Å². The van der Waals surface area contributed by atoms with E-state index in [9.17, 15) is 0 Å². The molecule has 2 aliphatic rings. The van der Waals surface area contributed by atoms with Crippen molar-refractivity contribution in [2.45, 2.75) is 31.8 Å². The third-order valence-electron chi connectivity index (χ3n) is 4.19. The first-order chi connectivity index (χ1) is 7.83. The van der Waals surface area contributed by atoms with Gasteiger partial charge >= 0.3 is 0 Å². The summed E-state index contributed by atoms with van der Waals surface area (Å²) in [5.74, 6) is 2.63. The van der Waals surface area contributed by atoms with E-state index in [4.69, 9.17) is 10.2 Å². The largest absolute Gasteiger partial charge is 0.468 e. The highest BCUT2D eigenvalue weighted by Gasteiger charge is 2.38. The van der Waals surface area contributed by atoms with Crippen molar-refractivity contribution in [1.29, 1.82) is 0 Å². The molecule has 0 bridgehead atoms. The fourth-order valence-electron chi connectivity index (χ4n) is 3.36. The van der Waals surface area contributed by atoms with E-state index in [1.54, 1.807) is 6.26 Å². The molecule has 3 unspecified atom stereocenters. The molecule has 0 aromatic carbocycles. The normalized spacial score (nSPS) is 35.2. The fraction of sp³-hybridized carbons (Fsp3) is 0.692. The van der Waals surface area contributed by atoms with Crippen molar-refractivity contribution in [1.82, 2.24) is 4.90 Å². The monoisotopic (exact) mass is 220 g/mol. The molecule has 0 spiro atoms. The Morgan fingerprint density at radius 2 is 2.31 bits per heavy atom. The lowest BCUT2D eigenvalue weighted by Gasteiger charge is -2.29. The highest BCUT2D eigenvalue weighted by molar-refractivity contribution is 5.00. The molecule has 3 heteroatoms. The summed E-state index contributed by atoms with van der Waals surface area (Å²) in [7, 11) is 0. The highest BCUT2D eigenvalue weighted by atomic mass is 16.3. The fourth-order valence-corrected chi connectivity index (χ4v) is 3.36. The maximum absolute atomic E-state index is 6.21. The van der Waals surface area contributed by atoms with Crippen LogP contribution in [0, 0.1) is 11.8 Å². The molecule has 16 heavy (non-hydrogen) atoms. The van der Waals surface area contributed by atoms with Crippen LogP contribution in [-0.4, -0.2) is 24.0 Å². The van der Waals surface area contributed by atoms with Gasteiger partial charge in [0.1, 0.15) is 5.76 Å². The Kier molecular flexibility index (Phi) is 2.74. The molecule has 0 radical (unpaired) electrons. The maximum atomic E-state index is 6.21. The summed E-state index contributed by atoms with van der Waals surface area (Å²) in [5.41, 5.74) is 6.21. The number of furan rings is 1. The van der Waals surface area contributed by atoms with Crippen LogP contribution in [0.25, 0.3) is 0 Å². The number of likely N-dealkylation sites (tertiary alicyclic amines) is 1.